The van der Waals surface area contributed by atoms with Crippen LogP contribution in [0.5, 0.6) is 11.5 Å². The molecule has 1 aromatic heterocycles. The van der Waals surface area contributed by atoms with Gasteiger partial charge in [0, 0.05) is 12.6 Å². The number of nitrogens with two attached hydrogens (primary N) is 1. The lowest BCUT2D eigenvalue weighted by Gasteiger charge is -2.35. The molecule has 2 heterocycles. The Labute approximate surface area is 160 Å². The van der Waals surface area contributed by atoms with Crippen LogP contribution in [0.3, 0.4) is 0 Å². The van der Waals surface area contributed by atoms with E-state index in [2.05, 4.69) is 6.07 Å². The van der Waals surface area contributed by atoms with E-state index in [1.807, 2.05) is 17.0 Å². The molecule has 3 rings (SSSR count). The van der Waals surface area contributed by atoms with Crippen LogP contribution in [0.4, 0.5) is 0 Å². The van der Waals surface area contributed by atoms with Crippen molar-refractivity contribution in [3.8, 4) is 11.5 Å². The Morgan fingerprint density at radius 3 is 2.70 bits per heavy atom. The van der Waals surface area contributed by atoms with Crippen molar-refractivity contribution in [1.29, 1.82) is 0 Å². The number of methoxy groups -OCH3 is 2. The molecule has 6 nitrogen and oxygen atoms in total. The van der Waals surface area contributed by atoms with E-state index in [9.17, 15) is 4.79 Å². The molecule has 1 aromatic carbocycles. The zero-order valence-corrected chi connectivity index (χ0v) is 16.1. The number of rotatable bonds is 7. The third-order valence-corrected chi connectivity index (χ3v) is 5.18. The molecule has 0 spiro atoms. The molecule has 27 heavy (non-hydrogen) atoms. The molecule has 2 aromatic rings. The first-order valence-electron chi connectivity index (χ1n) is 9.47. The second-order valence-electron chi connectivity index (χ2n) is 6.85. The number of nitrogens with zero attached hydrogens (tertiary/aromatic N) is 1. The standard InChI is InChI=1S/C21H28N2O4/c1-25-18-10-7-15(13-20(18)26-2)6-8-16-5-3-4-12-23(16)21(24)19-11-9-17(14-22)27-19/h7,9-11,13,16H,3-6,8,12,14,22H2,1-2H3. The summed E-state index contributed by atoms with van der Waals surface area (Å²) in [6.07, 6.45) is 4.98. The SMILES string of the molecule is COc1ccc(CCC2CCCCN2C(=O)c2ccc(CN)o2)cc1OC. The molecule has 0 radical (unpaired) electrons. The third kappa shape index (κ3) is 4.45. The highest BCUT2D eigenvalue weighted by molar-refractivity contribution is 5.91. The quantitative estimate of drug-likeness (QED) is 0.806. The van der Waals surface area contributed by atoms with Crippen LogP contribution in [0.15, 0.2) is 34.7 Å². The van der Waals surface area contributed by atoms with E-state index in [4.69, 9.17) is 19.6 Å². The van der Waals surface area contributed by atoms with Crippen molar-refractivity contribution >= 4 is 5.91 Å². The second-order valence-corrected chi connectivity index (χ2v) is 6.85. The van der Waals surface area contributed by atoms with Crippen LogP contribution in [-0.4, -0.2) is 37.6 Å². The van der Waals surface area contributed by atoms with Crippen LogP contribution >= 0.6 is 0 Å². The number of furan rings is 1. The number of amides is 1. The second kappa shape index (κ2) is 8.95. The van der Waals surface area contributed by atoms with Gasteiger partial charge in [-0.1, -0.05) is 6.07 Å². The topological polar surface area (TPSA) is 77.9 Å². The monoisotopic (exact) mass is 372 g/mol. The van der Waals surface area contributed by atoms with Gasteiger partial charge in [0.25, 0.3) is 5.91 Å². The molecular weight excluding hydrogens is 344 g/mol. The van der Waals surface area contributed by atoms with Crippen LogP contribution in [0.25, 0.3) is 0 Å². The van der Waals surface area contributed by atoms with Crippen LogP contribution in [-0.2, 0) is 13.0 Å². The van der Waals surface area contributed by atoms with Gasteiger partial charge in [0.05, 0.1) is 20.8 Å². The predicted octanol–water partition coefficient (Wildman–Crippen LogP) is 3.38. The predicted molar refractivity (Wildman–Crippen MR) is 103 cm³/mol. The summed E-state index contributed by atoms with van der Waals surface area (Å²) in [5.74, 6) is 2.44. The summed E-state index contributed by atoms with van der Waals surface area (Å²) in [7, 11) is 3.27. The molecule has 2 N–H and O–H groups in total. The molecule has 0 saturated carbocycles. The summed E-state index contributed by atoms with van der Waals surface area (Å²) in [4.78, 5) is 14.9. The smallest absolute Gasteiger partial charge is 0.289 e. The number of benzene rings is 1. The highest BCUT2D eigenvalue weighted by Gasteiger charge is 2.29. The molecule has 1 aliphatic heterocycles. The molecule has 0 bridgehead atoms. The first kappa shape index (κ1) is 19.3. The first-order chi connectivity index (χ1) is 13.2. The van der Waals surface area contributed by atoms with Crippen molar-refractivity contribution in [3.63, 3.8) is 0 Å². The van der Waals surface area contributed by atoms with Gasteiger partial charge in [-0.2, -0.15) is 0 Å². The fourth-order valence-corrected chi connectivity index (χ4v) is 3.68. The Morgan fingerprint density at radius 2 is 2.00 bits per heavy atom. The third-order valence-electron chi connectivity index (χ3n) is 5.18. The molecular formula is C21H28N2O4. The summed E-state index contributed by atoms with van der Waals surface area (Å²) in [6.45, 7) is 1.07. The van der Waals surface area contributed by atoms with Gasteiger partial charge in [-0.25, -0.2) is 0 Å². The zero-order chi connectivity index (χ0) is 19.2. The highest BCUT2D eigenvalue weighted by Crippen LogP contribution is 2.29. The number of aryl methyl sites for hydroxylation is 1. The highest BCUT2D eigenvalue weighted by atomic mass is 16.5. The van der Waals surface area contributed by atoms with Crippen molar-refractivity contribution in [2.24, 2.45) is 5.73 Å². The van der Waals surface area contributed by atoms with Crippen molar-refractivity contribution in [2.45, 2.75) is 44.7 Å². The average Bonchev–Trinajstić information content (AvgIpc) is 3.21. The Balaban J connectivity index is 1.68. The van der Waals surface area contributed by atoms with E-state index in [-0.39, 0.29) is 11.9 Å². The first-order valence-corrected chi connectivity index (χ1v) is 9.47. The fraction of sp³-hybridized carbons (Fsp3) is 0.476. The van der Waals surface area contributed by atoms with E-state index < -0.39 is 0 Å². The molecule has 1 fully saturated rings. The Kier molecular flexibility index (Phi) is 6.40. The van der Waals surface area contributed by atoms with Crippen LogP contribution in [0.1, 0.15) is 47.6 Å². The molecule has 1 amide bonds. The van der Waals surface area contributed by atoms with Gasteiger partial charge in [-0.15, -0.1) is 0 Å². The van der Waals surface area contributed by atoms with Crippen LogP contribution < -0.4 is 15.2 Å². The van der Waals surface area contributed by atoms with Crippen LogP contribution in [0.2, 0.25) is 0 Å². The maximum atomic E-state index is 12.9. The van der Waals surface area contributed by atoms with E-state index in [1.165, 1.54) is 5.56 Å². The van der Waals surface area contributed by atoms with E-state index in [0.717, 1.165) is 50.1 Å². The minimum atomic E-state index is -0.0355. The van der Waals surface area contributed by atoms with Gasteiger partial charge in [0.2, 0.25) is 0 Å². The average molecular weight is 372 g/mol. The maximum Gasteiger partial charge on any atom is 0.289 e. The summed E-state index contributed by atoms with van der Waals surface area (Å²) in [5.41, 5.74) is 6.76. The maximum absolute atomic E-state index is 12.9. The number of hydrogen-bond donors (Lipinski definition) is 1. The lowest BCUT2D eigenvalue weighted by atomic mass is 9.95. The van der Waals surface area contributed by atoms with Gasteiger partial charge < -0.3 is 24.5 Å². The largest absolute Gasteiger partial charge is 0.493 e. The van der Waals surface area contributed by atoms with Crippen LogP contribution in [0, 0.1) is 0 Å². The number of piperidine rings is 1. The van der Waals surface area contributed by atoms with Crippen molar-refractivity contribution in [3.05, 3.63) is 47.4 Å². The lowest BCUT2D eigenvalue weighted by molar-refractivity contribution is 0.0567. The molecule has 1 aliphatic rings. The Morgan fingerprint density at radius 1 is 1.19 bits per heavy atom. The number of likely N-dealkylation sites (tertiary alicyclic amines) is 1. The van der Waals surface area contributed by atoms with E-state index in [0.29, 0.717) is 18.1 Å². The van der Waals surface area contributed by atoms with Crippen molar-refractivity contribution < 1.29 is 18.7 Å². The molecule has 1 atom stereocenters. The summed E-state index contributed by atoms with van der Waals surface area (Å²) >= 11 is 0. The van der Waals surface area contributed by atoms with E-state index in [1.54, 1.807) is 26.4 Å². The zero-order valence-electron chi connectivity index (χ0n) is 16.1. The number of hydrogen-bond acceptors (Lipinski definition) is 5. The minimum Gasteiger partial charge on any atom is -0.493 e. The summed E-state index contributed by atoms with van der Waals surface area (Å²) in [5, 5.41) is 0. The summed E-state index contributed by atoms with van der Waals surface area (Å²) < 4.78 is 16.3. The number of carbonyl (C=O) groups excluding carboxylic acids is 1. The van der Waals surface area contributed by atoms with Crippen molar-refractivity contribution in [1.82, 2.24) is 4.90 Å². The fourth-order valence-electron chi connectivity index (χ4n) is 3.68. The number of ether oxygens (including phenoxy) is 2. The molecule has 1 saturated heterocycles. The van der Waals surface area contributed by atoms with Gasteiger partial charge in [0.1, 0.15) is 5.76 Å². The molecule has 146 valence electrons. The number of carbonyl (C=O) groups is 1. The molecule has 1 unspecified atom stereocenters. The minimum absolute atomic E-state index is 0.0355. The molecule has 0 aliphatic carbocycles. The van der Waals surface area contributed by atoms with Gasteiger partial charge in [-0.3, -0.25) is 4.79 Å². The van der Waals surface area contributed by atoms with E-state index >= 15 is 0 Å². The Bertz CT molecular complexity index is 771. The Hall–Kier alpha value is -2.47. The van der Waals surface area contributed by atoms with Gasteiger partial charge in [0.15, 0.2) is 17.3 Å². The van der Waals surface area contributed by atoms with Gasteiger partial charge >= 0.3 is 0 Å². The van der Waals surface area contributed by atoms with Crippen molar-refractivity contribution in [2.75, 3.05) is 20.8 Å². The summed E-state index contributed by atoms with van der Waals surface area (Å²) in [6, 6.07) is 9.70. The molecule has 6 heteroatoms. The lowest BCUT2D eigenvalue weighted by Crippen LogP contribution is -2.43. The van der Waals surface area contributed by atoms with Gasteiger partial charge in [-0.05, 0) is 61.9 Å². The normalized spacial score (nSPS) is 17.0.